The summed E-state index contributed by atoms with van der Waals surface area (Å²) in [5.41, 5.74) is 3.51. The van der Waals surface area contributed by atoms with Crippen molar-refractivity contribution in [1.82, 2.24) is 19.7 Å². The van der Waals surface area contributed by atoms with Crippen LogP contribution in [0, 0.1) is 0 Å². The zero-order valence-electron chi connectivity index (χ0n) is 26.1. The normalized spacial score (nSPS) is 13.4. The smallest absolute Gasteiger partial charge is 0.254 e. The number of rotatable bonds is 13. The largest absolute Gasteiger partial charge is 0.497 e. The van der Waals surface area contributed by atoms with Crippen molar-refractivity contribution in [3.63, 3.8) is 0 Å². The van der Waals surface area contributed by atoms with Crippen molar-refractivity contribution in [2.75, 3.05) is 65.4 Å². The summed E-state index contributed by atoms with van der Waals surface area (Å²) in [6.07, 6.45) is 0.156. The second-order valence-electron chi connectivity index (χ2n) is 11.0. The molecule has 3 aromatic carbocycles. The summed E-state index contributed by atoms with van der Waals surface area (Å²) in [7, 11) is 3.10. The first-order valence-corrected chi connectivity index (χ1v) is 16.1. The van der Waals surface area contributed by atoms with Gasteiger partial charge in [0, 0.05) is 50.8 Å². The van der Waals surface area contributed by atoms with Crippen LogP contribution >= 0.6 is 11.3 Å². The van der Waals surface area contributed by atoms with Crippen LogP contribution in [0.3, 0.4) is 0 Å². The zero-order valence-corrected chi connectivity index (χ0v) is 26.9. The number of carbonyl (C=O) groups is 3. The van der Waals surface area contributed by atoms with E-state index in [4.69, 9.17) is 9.47 Å². The molecule has 0 spiro atoms. The van der Waals surface area contributed by atoms with Gasteiger partial charge in [0.25, 0.3) is 5.91 Å². The molecule has 1 saturated heterocycles. The van der Waals surface area contributed by atoms with Crippen LogP contribution in [-0.2, 0) is 20.7 Å². The summed E-state index contributed by atoms with van der Waals surface area (Å²) in [6, 6.07) is 27.8. The molecule has 0 atom stereocenters. The highest BCUT2D eigenvalue weighted by Crippen LogP contribution is 2.29. The van der Waals surface area contributed by atoms with E-state index in [1.807, 2.05) is 17.0 Å². The van der Waals surface area contributed by atoms with Crippen molar-refractivity contribution in [3.05, 3.63) is 113 Å². The Bertz CT molecular complexity index is 1530. The average Bonchev–Trinajstić information content (AvgIpc) is 3.53. The summed E-state index contributed by atoms with van der Waals surface area (Å²) < 4.78 is 10.3. The van der Waals surface area contributed by atoms with Crippen molar-refractivity contribution in [2.24, 2.45) is 0 Å². The zero-order chi connectivity index (χ0) is 32.3. The van der Waals surface area contributed by atoms with E-state index in [-0.39, 0.29) is 49.9 Å². The van der Waals surface area contributed by atoms with Gasteiger partial charge in [0.05, 0.1) is 31.9 Å². The van der Waals surface area contributed by atoms with E-state index < -0.39 is 0 Å². The number of nitrogens with one attached hydrogen (secondary N) is 1. The Labute approximate surface area is 273 Å². The second kappa shape index (κ2) is 16.1. The third-order valence-electron chi connectivity index (χ3n) is 7.92. The van der Waals surface area contributed by atoms with E-state index in [9.17, 15) is 14.4 Å². The maximum atomic E-state index is 13.2. The molecule has 0 aliphatic carbocycles. The third kappa shape index (κ3) is 8.57. The quantitative estimate of drug-likeness (QED) is 0.232. The predicted octanol–water partition coefficient (Wildman–Crippen LogP) is 4.36. The topological polar surface area (TPSA) is 104 Å². The van der Waals surface area contributed by atoms with Gasteiger partial charge >= 0.3 is 0 Å². The molecule has 5 rings (SSSR count). The number of benzene rings is 3. The van der Waals surface area contributed by atoms with Gasteiger partial charge in [0.2, 0.25) is 11.8 Å². The van der Waals surface area contributed by atoms with Gasteiger partial charge in [-0.1, -0.05) is 60.7 Å². The van der Waals surface area contributed by atoms with Gasteiger partial charge in [-0.05, 0) is 35.4 Å². The Morgan fingerprint density at radius 3 is 2.11 bits per heavy atom. The Kier molecular flexibility index (Phi) is 11.5. The highest BCUT2D eigenvalue weighted by Gasteiger charge is 2.28. The van der Waals surface area contributed by atoms with Crippen molar-refractivity contribution in [3.8, 4) is 5.75 Å². The van der Waals surface area contributed by atoms with Crippen molar-refractivity contribution in [2.45, 2.75) is 12.5 Å². The molecule has 10 nitrogen and oxygen atoms in total. The SMILES string of the molecule is COCCN(CC(=O)Nc1nc(CC(=O)N2CCN(C(c3ccccc3)c3ccccc3)CC2)cs1)C(=O)c1ccc(OC)cc1. The number of methoxy groups -OCH3 is 2. The minimum atomic E-state index is -0.382. The van der Waals surface area contributed by atoms with E-state index >= 15 is 0 Å². The first-order chi connectivity index (χ1) is 22.4. The monoisotopic (exact) mass is 641 g/mol. The molecule has 2 heterocycles. The van der Waals surface area contributed by atoms with Crippen molar-refractivity contribution < 1.29 is 23.9 Å². The van der Waals surface area contributed by atoms with Gasteiger partial charge in [-0.25, -0.2) is 4.98 Å². The molecule has 1 aliphatic rings. The number of nitrogens with zero attached hydrogens (tertiary/aromatic N) is 4. The van der Waals surface area contributed by atoms with Gasteiger partial charge in [-0.3, -0.25) is 19.3 Å². The predicted molar refractivity (Wildman–Crippen MR) is 178 cm³/mol. The van der Waals surface area contributed by atoms with Crippen LogP contribution < -0.4 is 10.1 Å². The maximum absolute atomic E-state index is 13.2. The number of hydrogen-bond acceptors (Lipinski definition) is 8. The molecule has 1 aliphatic heterocycles. The van der Waals surface area contributed by atoms with Crippen LogP contribution in [0.15, 0.2) is 90.3 Å². The molecule has 0 unspecified atom stereocenters. The van der Waals surface area contributed by atoms with E-state index in [2.05, 4.69) is 63.7 Å². The van der Waals surface area contributed by atoms with Crippen LogP contribution in [0.25, 0.3) is 0 Å². The molecule has 1 aromatic heterocycles. The van der Waals surface area contributed by atoms with Crippen LogP contribution in [0.1, 0.15) is 33.2 Å². The Hall–Kier alpha value is -4.58. The first-order valence-electron chi connectivity index (χ1n) is 15.2. The fraction of sp³-hybridized carbons (Fsp3) is 0.314. The van der Waals surface area contributed by atoms with Gasteiger partial charge < -0.3 is 24.6 Å². The lowest BCUT2D eigenvalue weighted by Gasteiger charge is -2.39. The third-order valence-corrected chi connectivity index (χ3v) is 8.72. The fourth-order valence-corrected chi connectivity index (χ4v) is 6.26. The van der Waals surface area contributed by atoms with Gasteiger partial charge in [0.1, 0.15) is 12.3 Å². The number of aromatic nitrogens is 1. The molecular formula is C35H39N5O5S. The first kappa shape index (κ1) is 32.8. The average molecular weight is 642 g/mol. The fourth-order valence-electron chi connectivity index (χ4n) is 5.53. The van der Waals surface area contributed by atoms with Crippen LogP contribution in [0.4, 0.5) is 5.13 Å². The standard InChI is InChI=1S/C35H39N5O5S/c1-44-22-21-40(34(43)28-13-15-30(45-2)16-14-28)24-31(41)37-35-36-29(25-46-35)23-32(42)38-17-19-39(20-18-38)33(26-9-5-3-6-10-26)27-11-7-4-8-12-27/h3-16,25,33H,17-24H2,1-2H3,(H,36,37,41). The molecule has 1 N–H and O–H groups in total. The van der Waals surface area contributed by atoms with Crippen LogP contribution in [0.5, 0.6) is 5.75 Å². The number of ether oxygens (including phenoxy) is 2. The number of thiazole rings is 1. The lowest BCUT2D eigenvalue weighted by atomic mass is 9.96. The molecular weight excluding hydrogens is 602 g/mol. The summed E-state index contributed by atoms with van der Waals surface area (Å²) in [5, 5.41) is 4.95. The second-order valence-corrected chi connectivity index (χ2v) is 11.8. The summed E-state index contributed by atoms with van der Waals surface area (Å²) in [4.78, 5) is 49.5. The molecule has 0 saturated carbocycles. The number of hydrogen-bond donors (Lipinski definition) is 1. The van der Waals surface area contributed by atoms with Gasteiger partial charge in [-0.2, -0.15) is 0 Å². The summed E-state index contributed by atoms with van der Waals surface area (Å²) in [5.74, 6) is -0.0284. The number of anilines is 1. The number of carbonyl (C=O) groups excluding carboxylic acids is 3. The van der Waals surface area contributed by atoms with E-state index in [1.165, 1.54) is 27.4 Å². The van der Waals surface area contributed by atoms with Crippen LogP contribution in [-0.4, -0.2) is 97.5 Å². The molecule has 0 radical (unpaired) electrons. The van der Waals surface area contributed by atoms with E-state index in [0.717, 1.165) is 13.1 Å². The van der Waals surface area contributed by atoms with E-state index in [1.54, 1.807) is 43.9 Å². The Balaban J connectivity index is 1.14. The molecule has 240 valence electrons. The highest BCUT2D eigenvalue weighted by molar-refractivity contribution is 7.13. The minimum Gasteiger partial charge on any atom is -0.497 e. The van der Waals surface area contributed by atoms with Gasteiger partial charge in [0.15, 0.2) is 5.13 Å². The number of piperazine rings is 1. The highest BCUT2D eigenvalue weighted by atomic mass is 32.1. The Morgan fingerprint density at radius 1 is 0.891 bits per heavy atom. The lowest BCUT2D eigenvalue weighted by Crippen LogP contribution is -2.50. The van der Waals surface area contributed by atoms with Crippen molar-refractivity contribution in [1.29, 1.82) is 0 Å². The molecule has 4 aromatic rings. The van der Waals surface area contributed by atoms with Crippen LogP contribution in [0.2, 0.25) is 0 Å². The number of amides is 3. The van der Waals surface area contributed by atoms with E-state index in [0.29, 0.717) is 35.2 Å². The molecule has 0 bridgehead atoms. The van der Waals surface area contributed by atoms with Gasteiger partial charge in [-0.15, -0.1) is 11.3 Å². The minimum absolute atomic E-state index is 0.00891. The maximum Gasteiger partial charge on any atom is 0.254 e. The molecule has 1 fully saturated rings. The Morgan fingerprint density at radius 2 is 1.52 bits per heavy atom. The van der Waals surface area contributed by atoms with Crippen molar-refractivity contribution >= 4 is 34.2 Å². The molecule has 46 heavy (non-hydrogen) atoms. The molecule has 11 heteroatoms. The molecule has 3 amide bonds. The summed E-state index contributed by atoms with van der Waals surface area (Å²) in [6.45, 7) is 3.13. The summed E-state index contributed by atoms with van der Waals surface area (Å²) >= 11 is 1.26. The lowest BCUT2D eigenvalue weighted by molar-refractivity contribution is -0.132.